The minimum absolute atomic E-state index is 0.0256. The van der Waals surface area contributed by atoms with Crippen molar-refractivity contribution in [3.63, 3.8) is 0 Å². The zero-order valence-corrected chi connectivity index (χ0v) is 12.5. The van der Waals surface area contributed by atoms with Gasteiger partial charge in [0.2, 0.25) is 10.0 Å². The highest BCUT2D eigenvalue weighted by molar-refractivity contribution is 7.89. The highest BCUT2D eigenvalue weighted by Gasteiger charge is 2.17. The molecule has 0 saturated heterocycles. The number of nitrogens with zero attached hydrogens (tertiary/aromatic N) is 1. The lowest BCUT2D eigenvalue weighted by Gasteiger charge is -2.08. The first-order valence-electron chi connectivity index (χ1n) is 5.66. The lowest BCUT2D eigenvalue weighted by atomic mass is 10.3. The lowest BCUT2D eigenvalue weighted by molar-refractivity contribution is 0.414. The molecule has 6 nitrogen and oxygen atoms in total. The predicted octanol–water partition coefficient (Wildman–Crippen LogP) is 2.12. The van der Waals surface area contributed by atoms with Gasteiger partial charge in [0.1, 0.15) is 11.5 Å². The van der Waals surface area contributed by atoms with E-state index in [0.29, 0.717) is 17.2 Å². The molecular weight excluding hydrogens is 304 g/mol. The van der Waals surface area contributed by atoms with E-state index in [1.165, 1.54) is 31.7 Å². The van der Waals surface area contributed by atoms with Crippen LogP contribution >= 0.6 is 11.6 Å². The van der Waals surface area contributed by atoms with Crippen molar-refractivity contribution in [2.45, 2.75) is 18.4 Å². The number of oxazole rings is 1. The van der Waals surface area contributed by atoms with Gasteiger partial charge in [-0.05, 0) is 25.1 Å². The van der Waals surface area contributed by atoms with Crippen LogP contribution in [-0.4, -0.2) is 20.5 Å². The van der Waals surface area contributed by atoms with E-state index in [9.17, 15) is 8.42 Å². The molecule has 0 unspecified atom stereocenters. The van der Waals surface area contributed by atoms with Gasteiger partial charge in [0, 0.05) is 0 Å². The summed E-state index contributed by atoms with van der Waals surface area (Å²) in [5, 5.41) is 0.228. The second kappa shape index (κ2) is 5.82. The lowest BCUT2D eigenvalue weighted by Crippen LogP contribution is -2.23. The fourth-order valence-corrected chi connectivity index (χ4v) is 2.88. The molecule has 1 heterocycles. The van der Waals surface area contributed by atoms with Crippen LogP contribution in [0.2, 0.25) is 5.02 Å². The van der Waals surface area contributed by atoms with Crippen LogP contribution < -0.4 is 9.46 Å². The maximum absolute atomic E-state index is 12.1. The molecule has 0 aliphatic carbocycles. The van der Waals surface area contributed by atoms with E-state index in [1.807, 2.05) is 0 Å². The average molecular weight is 317 g/mol. The molecule has 0 bridgehead atoms. The van der Waals surface area contributed by atoms with Crippen molar-refractivity contribution in [2.24, 2.45) is 0 Å². The summed E-state index contributed by atoms with van der Waals surface area (Å²) < 4.78 is 36.7. The first-order chi connectivity index (χ1) is 9.44. The van der Waals surface area contributed by atoms with E-state index in [2.05, 4.69) is 9.71 Å². The molecule has 1 N–H and O–H groups in total. The van der Waals surface area contributed by atoms with Crippen LogP contribution in [0, 0.1) is 6.92 Å². The summed E-state index contributed by atoms with van der Waals surface area (Å²) >= 11 is 5.91. The van der Waals surface area contributed by atoms with Crippen LogP contribution in [0.5, 0.6) is 5.75 Å². The molecule has 0 aliphatic heterocycles. The van der Waals surface area contributed by atoms with Crippen molar-refractivity contribution in [1.29, 1.82) is 0 Å². The Balaban J connectivity index is 2.18. The van der Waals surface area contributed by atoms with E-state index in [0.717, 1.165) is 0 Å². The molecule has 0 radical (unpaired) electrons. The Morgan fingerprint density at radius 3 is 2.75 bits per heavy atom. The van der Waals surface area contributed by atoms with Gasteiger partial charge in [0.25, 0.3) is 0 Å². The summed E-state index contributed by atoms with van der Waals surface area (Å²) in [5.41, 5.74) is 0.639. The number of benzene rings is 1. The number of ether oxygens (including phenoxy) is 1. The monoisotopic (exact) mass is 316 g/mol. The number of sulfonamides is 1. The van der Waals surface area contributed by atoms with E-state index < -0.39 is 10.0 Å². The summed E-state index contributed by atoms with van der Waals surface area (Å²) in [7, 11) is -2.22. The third-order valence-electron chi connectivity index (χ3n) is 2.70. The number of hydrogen-bond donors (Lipinski definition) is 1. The Hall–Kier alpha value is -1.57. The van der Waals surface area contributed by atoms with Crippen LogP contribution in [0.4, 0.5) is 0 Å². The molecule has 1 aromatic carbocycles. The van der Waals surface area contributed by atoms with Crippen molar-refractivity contribution in [3.8, 4) is 5.75 Å². The third-order valence-corrected chi connectivity index (χ3v) is 4.40. The maximum Gasteiger partial charge on any atom is 0.241 e. The molecule has 0 fully saturated rings. The number of hydrogen-bond acceptors (Lipinski definition) is 5. The van der Waals surface area contributed by atoms with Crippen molar-refractivity contribution in [2.75, 3.05) is 7.11 Å². The molecule has 0 aliphatic rings. The smallest absolute Gasteiger partial charge is 0.241 e. The summed E-state index contributed by atoms with van der Waals surface area (Å²) in [6, 6.07) is 4.24. The van der Waals surface area contributed by atoms with Gasteiger partial charge in [0.05, 0.1) is 29.3 Å². The molecule has 8 heteroatoms. The van der Waals surface area contributed by atoms with Gasteiger partial charge in [-0.1, -0.05) is 11.6 Å². The van der Waals surface area contributed by atoms with Crippen molar-refractivity contribution in [1.82, 2.24) is 9.71 Å². The minimum Gasteiger partial charge on any atom is -0.495 e. The number of aryl methyl sites for hydroxylation is 1. The quantitative estimate of drug-likeness (QED) is 0.913. The van der Waals surface area contributed by atoms with E-state index in [-0.39, 0.29) is 16.5 Å². The van der Waals surface area contributed by atoms with Gasteiger partial charge in [0.15, 0.2) is 6.39 Å². The standard InChI is InChI=1S/C12H13ClN2O4S/c1-8-12(19-7-14-8)6-15-20(16,17)9-3-4-11(18-2)10(13)5-9/h3-5,7,15H,6H2,1-2H3. The number of halogens is 1. The molecule has 108 valence electrons. The predicted molar refractivity (Wildman–Crippen MR) is 73.3 cm³/mol. The van der Waals surface area contributed by atoms with Crippen molar-refractivity contribution in [3.05, 3.63) is 41.1 Å². The Morgan fingerprint density at radius 1 is 1.45 bits per heavy atom. The first kappa shape index (κ1) is 14.8. The van der Waals surface area contributed by atoms with Crippen LogP contribution in [0.3, 0.4) is 0 Å². The van der Waals surface area contributed by atoms with E-state index in [4.69, 9.17) is 20.8 Å². The van der Waals surface area contributed by atoms with Crippen LogP contribution in [-0.2, 0) is 16.6 Å². The van der Waals surface area contributed by atoms with Crippen LogP contribution in [0.25, 0.3) is 0 Å². The van der Waals surface area contributed by atoms with E-state index >= 15 is 0 Å². The molecule has 0 spiro atoms. The zero-order chi connectivity index (χ0) is 14.8. The third kappa shape index (κ3) is 3.12. The maximum atomic E-state index is 12.1. The first-order valence-corrected chi connectivity index (χ1v) is 7.52. The van der Waals surface area contributed by atoms with Gasteiger partial charge < -0.3 is 9.15 Å². The number of rotatable bonds is 5. The molecule has 1 aromatic heterocycles. The molecular formula is C12H13ClN2O4S. The summed E-state index contributed by atoms with van der Waals surface area (Å²) in [6.45, 7) is 1.76. The molecule has 0 atom stereocenters. The number of methoxy groups -OCH3 is 1. The fourth-order valence-electron chi connectivity index (χ4n) is 1.55. The normalized spacial score (nSPS) is 11.6. The van der Waals surface area contributed by atoms with Crippen LogP contribution in [0.1, 0.15) is 11.5 Å². The summed E-state index contributed by atoms with van der Waals surface area (Å²) in [5.74, 6) is 0.880. The Kier molecular flexibility index (Phi) is 4.32. The van der Waals surface area contributed by atoms with Crippen molar-refractivity contribution < 1.29 is 17.6 Å². The molecule has 2 aromatic rings. The number of aromatic nitrogens is 1. The second-order valence-electron chi connectivity index (χ2n) is 3.98. The molecule has 2 rings (SSSR count). The summed E-state index contributed by atoms with van der Waals surface area (Å²) in [4.78, 5) is 3.94. The Morgan fingerprint density at radius 2 is 2.20 bits per heavy atom. The zero-order valence-electron chi connectivity index (χ0n) is 10.9. The molecule has 0 amide bonds. The van der Waals surface area contributed by atoms with Gasteiger partial charge in [-0.15, -0.1) is 0 Å². The minimum atomic E-state index is -3.68. The Bertz CT molecular complexity index is 712. The van der Waals surface area contributed by atoms with Gasteiger partial charge >= 0.3 is 0 Å². The van der Waals surface area contributed by atoms with Gasteiger partial charge in [-0.2, -0.15) is 0 Å². The topological polar surface area (TPSA) is 81.4 Å². The second-order valence-corrected chi connectivity index (χ2v) is 6.16. The largest absolute Gasteiger partial charge is 0.495 e. The van der Waals surface area contributed by atoms with Gasteiger partial charge in [-0.3, -0.25) is 0 Å². The SMILES string of the molecule is COc1ccc(S(=O)(=O)NCc2ocnc2C)cc1Cl. The average Bonchev–Trinajstić information content (AvgIpc) is 2.82. The van der Waals surface area contributed by atoms with Crippen LogP contribution in [0.15, 0.2) is 33.9 Å². The van der Waals surface area contributed by atoms with E-state index in [1.54, 1.807) is 6.92 Å². The Labute approximate surface area is 121 Å². The fraction of sp³-hybridized carbons (Fsp3) is 0.250. The van der Waals surface area contributed by atoms with Gasteiger partial charge in [-0.25, -0.2) is 18.1 Å². The summed E-state index contributed by atoms with van der Waals surface area (Å²) in [6.07, 6.45) is 1.27. The van der Waals surface area contributed by atoms with Crippen molar-refractivity contribution >= 4 is 21.6 Å². The number of nitrogens with one attached hydrogen (secondary N) is 1. The highest BCUT2D eigenvalue weighted by Crippen LogP contribution is 2.26. The molecule has 0 saturated carbocycles. The highest BCUT2D eigenvalue weighted by atomic mass is 35.5. The molecule has 20 heavy (non-hydrogen) atoms.